The fourth-order valence-electron chi connectivity index (χ4n) is 1.55. The van der Waals surface area contributed by atoms with Crippen molar-refractivity contribution in [2.75, 3.05) is 26.1 Å². The summed E-state index contributed by atoms with van der Waals surface area (Å²) < 4.78 is 10.4. The first-order valence-corrected chi connectivity index (χ1v) is 6.68. The third kappa shape index (κ3) is 4.74. The summed E-state index contributed by atoms with van der Waals surface area (Å²) in [6.45, 7) is 6.45. The summed E-state index contributed by atoms with van der Waals surface area (Å²) in [7, 11) is 3.15. The Balaban J connectivity index is 2.70. The molecule has 2 N–H and O–H groups in total. The summed E-state index contributed by atoms with van der Waals surface area (Å²) in [6.07, 6.45) is 0.947. The van der Waals surface area contributed by atoms with E-state index < -0.39 is 0 Å². The third-order valence-corrected chi connectivity index (χ3v) is 3.29. The minimum Gasteiger partial charge on any atom is -0.497 e. The summed E-state index contributed by atoms with van der Waals surface area (Å²) in [4.78, 5) is 12.0. The van der Waals surface area contributed by atoms with Crippen molar-refractivity contribution in [1.29, 1.82) is 0 Å². The van der Waals surface area contributed by atoms with Gasteiger partial charge in [0.2, 0.25) is 5.91 Å². The maximum absolute atomic E-state index is 12.0. The number of benzene rings is 1. The van der Waals surface area contributed by atoms with Gasteiger partial charge < -0.3 is 20.1 Å². The Morgan fingerprint density at radius 3 is 2.50 bits per heavy atom. The predicted octanol–water partition coefficient (Wildman–Crippen LogP) is 2.42. The first-order chi connectivity index (χ1) is 9.41. The first kappa shape index (κ1) is 16.3. The zero-order valence-electron chi connectivity index (χ0n) is 12.9. The molecule has 0 saturated heterocycles. The van der Waals surface area contributed by atoms with Crippen LogP contribution in [0.2, 0.25) is 0 Å². The van der Waals surface area contributed by atoms with Gasteiger partial charge in [-0.1, -0.05) is 6.92 Å². The maximum Gasteiger partial charge on any atom is 0.238 e. The second-order valence-electron chi connectivity index (χ2n) is 5.21. The Morgan fingerprint density at radius 2 is 1.95 bits per heavy atom. The Kier molecular flexibility index (Phi) is 5.82. The van der Waals surface area contributed by atoms with E-state index in [-0.39, 0.29) is 18.0 Å². The van der Waals surface area contributed by atoms with Crippen LogP contribution in [-0.4, -0.2) is 32.2 Å². The van der Waals surface area contributed by atoms with E-state index in [1.807, 2.05) is 0 Å². The van der Waals surface area contributed by atoms with E-state index in [1.165, 1.54) is 0 Å². The molecule has 20 heavy (non-hydrogen) atoms. The van der Waals surface area contributed by atoms with Crippen LogP contribution in [0, 0.1) is 0 Å². The monoisotopic (exact) mass is 280 g/mol. The van der Waals surface area contributed by atoms with Crippen LogP contribution in [0.25, 0.3) is 0 Å². The molecule has 0 aliphatic carbocycles. The smallest absolute Gasteiger partial charge is 0.238 e. The molecule has 0 fully saturated rings. The molecule has 0 heterocycles. The normalized spacial score (nSPS) is 11.1. The van der Waals surface area contributed by atoms with Crippen LogP contribution in [0.1, 0.15) is 27.2 Å². The van der Waals surface area contributed by atoms with Gasteiger partial charge >= 0.3 is 0 Å². The van der Waals surface area contributed by atoms with Crippen LogP contribution in [0.15, 0.2) is 18.2 Å². The van der Waals surface area contributed by atoms with E-state index in [2.05, 4.69) is 31.4 Å². The number of carbonyl (C=O) groups excluding carboxylic acids is 1. The summed E-state index contributed by atoms with van der Waals surface area (Å²) in [6, 6.07) is 5.28. The molecule has 0 aliphatic rings. The summed E-state index contributed by atoms with van der Waals surface area (Å²) in [5, 5.41) is 6.04. The molecule has 1 aromatic carbocycles. The number of ether oxygens (including phenoxy) is 2. The number of methoxy groups -OCH3 is 2. The standard InChI is InChI=1S/C15H24N2O3/c1-6-15(2,3)16-10-14(18)17-12-9-11(19-4)7-8-13(12)20-5/h7-9,16H,6,10H2,1-5H3,(H,17,18). The van der Waals surface area contributed by atoms with Crippen molar-refractivity contribution in [3.63, 3.8) is 0 Å². The highest BCUT2D eigenvalue weighted by Gasteiger charge is 2.16. The Labute approximate surface area is 120 Å². The van der Waals surface area contributed by atoms with Crippen LogP contribution < -0.4 is 20.1 Å². The number of rotatable bonds is 7. The van der Waals surface area contributed by atoms with Gasteiger partial charge in [0.25, 0.3) is 0 Å². The van der Waals surface area contributed by atoms with Crippen molar-refractivity contribution >= 4 is 11.6 Å². The summed E-state index contributed by atoms with van der Waals surface area (Å²) in [5.74, 6) is 1.16. The zero-order chi connectivity index (χ0) is 15.2. The van der Waals surface area contributed by atoms with Crippen molar-refractivity contribution in [2.24, 2.45) is 0 Å². The SMILES string of the molecule is CCC(C)(C)NCC(=O)Nc1cc(OC)ccc1OC. The molecule has 0 radical (unpaired) electrons. The van der Waals surface area contributed by atoms with Crippen molar-refractivity contribution in [2.45, 2.75) is 32.7 Å². The van der Waals surface area contributed by atoms with E-state index in [9.17, 15) is 4.79 Å². The van der Waals surface area contributed by atoms with Gasteiger partial charge in [-0.25, -0.2) is 0 Å². The molecule has 5 heteroatoms. The number of anilines is 1. The number of carbonyl (C=O) groups is 1. The number of hydrogen-bond acceptors (Lipinski definition) is 4. The Bertz CT molecular complexity index is 458. The number of nitrogens with one attached hydrogen (secondary N) is 2. The molecule has 5 nitrogen and oxygen atoms in total. The molecule has 0 spiro atoms. The molecule has 112 valence electrons. The van der Waals surface area contributed by atoms with Crippen LogP contribution >= 0.6 is 0 Å². The second-order valence-corrected chi connectivity index (χ2v) is 5.21. The molecule has 0 aliphatic heterocycles. The van der Waals surface area contributed by atoms with Crippen molar-refractivity contribution in [1.82, 2.24) is 5.32 Å². The fraction of sp³-hybridized carbons (Fsp3) is 0.533. The predicted molar refractivity (Wildman–Crippen MR) is 80.5 cm³/mol. The van der Waals surface area contributed by atoms with Crippen LogP contribution in [0.5, 0.6) is 11.5 Å². The average molecular weight is 280 g/mol. The van der Waals surface area contributed by atoms with Crippen LogP contribution in [-0.2, 0) is 4.79 Å². The average Bonchev–Trinajstić information content (AvgIpc) is 2.45. The summed E-state index contributed by atoms with van der Waals surface area (Å²) >= 11 is 0. The zero-order valence-corrected chi connectivity index (χ0v) is 12.9. The van der Waals surface area contributed by atoms with Crippen molar-refractivity contribution < 1.29 is 14.3 Å². The van der Waals surface area contributed by atoms with Crippen LogP contribution in [0.3, 0.4) is 0 Å². The quantitative estimate of drug-likeness (QED) is 0.805. The second kappa shape index (κ2) is 7.14. The highest BCUT2D eigenvalue weighted by Crippen LogP contribution is 2.28. The molecular weight excluding hydrogens is 256 g/mol. The van der Waals surface area contributed by atoms with Gasteiger partial charge in [-0.3, -0.25) is 4.79 Å². The van der Waals surface area contributed by atoms with Gasteiger partial charge in [-0.05, 0) is 32.4 Å². The maximum atomic E-state index is 12.0. The van der Waals surface area contributed by atoms with E-state index in [1.54, 1.807) is 32.4 Å². The lowest BCUT2D eigenvalue weighted by Gasteiger charge is -2.24. The van der Waals surface area contributed by atoms with Gasteiger partial charge in [0, 0.05) is 11.6 Å². The Morgan fingerprint density at radius 1 is 1.25 bits per heavy atom. The lowest BCUT2D eigenvalue weighted by Crippen LogP contribution is -2.43. The molecule has 0 bridgehead atoms. The molecule has 0 atom stereocenters. The minimum absolute atomic E-state index is 0.0597. The van der Waals surface area contributed by atoms with Crippen molar-refractivity contribution in [3.05, 3.63) is 18.2 Å². The molecule has 1 amide bonds. The number of amides is 1. The van der Waals surface area contributed by atoms with Gasteiger partial charge in [-0.15, -0.1) is 0 Å². The van der Waals surface area contributed by atoms with E-state index >= 15 is 0 Å². The van der Waals surface area contributed by atoms with E-state index in [0.29, 0.717) is 17.2 Å². The molecular formula is C15H24N2O3. The summed E-state index contributed by atoms with van der Waals surface area (Å²) in [5.41, 5.74) is 0.545. The largest absolute Gasteiger partial charge is 0.497 e. The first-order valence-electron chi connectivity index (χ1n) is 6.68. The molecule has 0 unspecified atom stereocenters. The lowest BCUT2D eigenvalue weighted by molar-refractivity contribution is -0.115. The van der Waals surface area contributed by atoms with E-state index in [0.717, 1.165) is 6.42 Å². The van der Waals surface area contributed by atoms with Gasteiger partial charge in [-0.2, -0.15) is 0 Å². The topological polar surface area (TPSA) is 59.6 Å². The molecule has 0 saturated carbocycles. The molecule has 1 rings (SSSR count). The van der Waals surface area contributed by atoms with E-state index in [4.69, 9.17) is 9.47 Å². The fourth-order valence-corrected chi connectivity index (χ4v) is 1.55. The molecule has 0 aromatic heterocycles. The van der Waals surface area contributed by atoms with Crippen molar-refractivity contribution in [3.8, 4) is 11.5 Å². The van der Waals surface area contributed by atoms with Gasteiger partial charge in [0.15, 0.2) is 0 Å². The lowest BCUT2D eigenvalue weighted by atomic mass is 10.0. The highest BCUT2D eigenvalue weighted by atomic mass is 16.5. The van der Waals surface area contributed by atoms with Gasteiger partial charge in [0.1, 0.15) is 11.5 Å². The third-order valence-electron chi connectivity index (χ3n) is 3.29. The highest BCUT2D eigenvalue weighted by molar-refractivity contribution is 5.94. The molecule has 1 aromatic rings. The minimum atomic E-state index is -0.113. The number of hydrogen-bond donors (Lipinski definition) is 2. The Hall–Kier alpha value is -1.75. The van der Waals surface area contributed by atoms with Gasteiger partial charge in [0.05, 0.1) is 26.5 Å². The van der Waals surface area contributed by atoms with Crippen LogP contribution in [0.4, 0.5) is 5.69 Å².